The first-order valence-corrected chi connectivity index (χ1v) is 10.8. The van der Waals surface area contributed by atoms with E-state index in [2.05, 4.69) is 5.32 Å². The zero-order valence-electron chi connectivity index (χ0n) is 15.0. The van der Waals surface area contributed by atoms with Crippen LogP contribution in [0.15, 0.2) is 41.3 Å². The van der Waals surface area contributed by atoms with Crippen LogP contribution >= 0.6 is 23.2 Å². The molecular formula is C19H20Cl2N2O3S. The van der Waals surface area contributed by atoms with Crippen molar-refractivity contribution >= 4 is 44.8 Å². The molecule has 0 aromatic heterocycles. The fraction of sp³-hybridized carbons (Fsp3) is 0.316. The minimum absolute atomic E-state index is 0.00000411. The van der Waals surface area contributed by atoms with E-state index in [1.165, 1.54) is 10.4 Å². The predicted octanol–water partition coefficient (Wildman–Crippen LogP) is 4.27. The van der Waals surface area contributed by atoms with Crippen LogP contribution in [0.3, 0.4) is 0 Å². The molecule has 0 fully saturated rings. The average Bonchev–Trinajstić information content (AvgIpc) is 2.62. The van der Waals surface area contributed by atoms with Gasteiger partial charge in [0, 0.05) is 18.2 Å². The Morgan fingerprint density at radius 2 is 1.85 bits per heavy atom. The summed E-state index contributed by atoms with van der Waals surface area (Å²) in [7, 11) is -3.91. The lowest BCUT2D eigenvalue weighted by Crippen LogP contribution is -2.37. The highest BCUT2D eigenvalue weighted by Crippen LogP contribution is 2.37. The van der Waals surface area contributed by atoms with E-state index in [1.807, 2.05) is 13.8 Å². The van der Waals surface area contributed by atoms with E-state index in [4.69, 9.17) is 23.2 Å². The van der Waals surface area contributed by atoms with Gasteiger partial charge in [-0.05, 0) is 56.5 Å². The minimum Gasteiger partial charge on any atom is -0.350 e. The summed E-state index contributed by atoms with van der Waals surface area (Å²) in [5, 5.41) is 3.05. The molecule has 1 N–H and O–H groups in total. The van der Waals surface area contributed by atoms with Gasteiger partial charge in [0.1, 0.15) is 4.90 Å². The van der Waals surface area contributed by atoms with E-state index in [0.717, 1.165) is 5.56 Å². The second-order valence-corrected chi connectivity index (χ2v) is 9.28. The van der Waals surface area contributed by atoms with Crippen molar-refractivity contribution in [2.45, 2.75) is 37.6 Å². The Labute approximate surface area is 169 Å². The first-order chi connectivity index (χ1) is 12.7. The second kappa shape index (κ2) is 7.70. The maximum atomic E-state index is 13.3. The third-order valence-corrected chi connectivity index (χ3v) is 7.14. The summed E-state index contributed by atoms with van der Waals surface area (Å²) < 4.78 is 27.8. The molecule has 3 rings (SSSR count). The molecule has 1 amide bonds. The number of rotatable bonds is 4. The van der Waals surface area contributed by atoms with Gasteiger partial charge in [0.25, 0.3) is 15.9 Å². The molecule has 2 aromatic carbocycles. The Bertz CT molecular complexity index is 990. The highest BCUT2D eigenvalue weighted by Gasteiger charge is 2.32. The summed E-state index contributed by atoms with van der Waals surface area (Å²) in [5.41, 5.74) is 1.73. The van der Waals surface area contributed by atoms with Crippen LogP contribution in [0.2, 0.25) is 10.0 Å². The van der Waals surface area contributed by atoms with Crippen molar-refractivity contribution in [2.75, 3.05) is 10.8 Å². The van der Waals surface area contributed by atoms with Gasteiger partial charge in [0.2, 0.25) is 0 Å². The molecule has 0 atom stereocenters. The van der Waals surface area contributed by atoms with Crippen LogP contribution in [-0.4, -0.2) is 26.9 Å². The summed E-state index contributed by atoms with van der Waals surface area (Å²) in [4.78, 5) is 12.5. The van der Waals surface area contributed by atoms with Gasteiger partial charge in [-0.3, -0.25) is 9.10 Å². The fourth-order valence-electron chi connectivity index (χ4n) is 3.20. The Kier molecular flexibility index (Phi) is 5.70. The number of halogens is 2. The van der Waals surface area contributed by atoms with Gasteiger partial charge in [-0.15, -0.1) is 0 Å². The number of nitrogens with zero attached hydrogens (tertiary/aromatic N) is 1. The molecule has 5 nitrogen and oxygen atoms in total. The molecule has 27 heavy (non-hydrogen) atoms. The van der Waals surface area contributed by atoms with E-state index in [0.29, 0.717) is 30.6 Å². The van der Waals surface area contributed by atoms with Crippen molar-refractivity contribution in [3.63, 3.8) is 0 Å². The topological polar surface area (TPSA) is 66.5 Å². The zero-order valence-corrected chi connectivity index (χ0v) is 17.3. The molecule has 144 valence electrons. The summed E-state index contributed by atoms with van der Waals surface area (Å²) in [6, 6.07) is 9.66. The van der Waals surface area contributed by atoms with E-state index >= 15 is 0 Å². The Hall–Kier alpha value is -1.76. The number of hydrogen-bond acceptors (Lipinski definition) is 3. The number of benzene rings is 2. The average molecular weight is 427 g/mol. The number of carbonyl (C=O) groups is 1. The first kappa shape index (κ1) is 20.0. The highest BCUT2D eigenvalue weighted by atomic mass is 35.5. The zero-order chi connectivity index (χ0) is 19.8. The molecule has 8 heteroatoms. The Balaban J connectivity index is 2.09. The number of fused-ring (bicyclic) bond motifs is 1. The van der Waals surface area contributed by atoms with Gasteiger partial charge in [0.15, 0.2) is 0 Å². The molecule has 0 spiro atoms. The fourth-order valence-corrected chi connectivity index (χ4v) is 5.47. The van der Waals surface area contributed by atoms with Crippen molar-refractivity contribution < 1.29 is 13.2 Å². The SMILES string of the molecule is CC(C)NC(=O)c1cccc2c1CCCN2S(=O)(=O)c1cccc(Cl)c1Cl. The molecule has 1 aliphatic rings. The number of carbonyl (C=O) groups excluding carboxylic acids is 1. The first-order valence-electron chi connectivity index (χ1n) is 8.63. The summed E-state index contributed by atoms with van der Waals surface area (Å²) in [5.74, 6) is -0.207. The number of amides is 1. The van der Waals surface area contributed by atoms with Gasteiger partial charge in [-0.25, -0.2) is 8.42 Å². The molecule has 0 aliphatic carbocycles. The Morgan fingerprint density at radius 3 is 2.56 bits per heavy atom. The number of nitrogens with one attached hydrogen (secondary N) is 1. The van der Waals surface area contributed by atoms with Gasteiger partial charge in [-0.1, -0.05) is 35.3 Å². The Morgan fingerprint density at radius 1 is 1.15 bits per heavy atom. The predicted molar refractivity (Wildman–Crippen MR) is 108 cm³/mol. The lowest BCUT2D eigenvalue weighted by Gasteiger charge is -2.32. The molecule has 1 heterocycles. The standard InChI is InChI=1S/C19H20Cl2N2O3S/c1-12(2)22-19(24)14-6-3-9-16-13(14)7-5-11-23(16)27(25,26)17-10-4-8-15(20)18(17)21/h3-4,6,8-10,12H,5,7,11H2,1-2H3,(H,22,24). The van der Waals surface area contributed by atoms with Gasteiger partial charge >= 0.3 is 0 Å². The van der Waals surface area contributed by atoms with Crippen LogP contribution in [0, 0.1) is 0 Å². The molecule has 0 bridgehead atoms. The maximum Gasteiger partial charge on any atom is 0.265 e. The number of sulfonamides is 1. The highest BCUT2D eigenvalue weighted by molar-refractivity contribution is 7.93. The lowest BCUT2D eigenvalue weighted by molar-refractivity contribution is 0.0942. The van der Waals surface area contributed by atoms with Crippen LogP contribution in [0.5, 0.6) is 0 Å². The van der Waals surface area contributed by atoms with Gasteiger partial charge in [0.05, 0.1) is 15.7 Å². The normalized spacial score (nSPS) is 14.2. The number of hydrogen-bond donors (Lipinski definition) is 1. The van der Waals surface area contributed by atoms with E-state index in [9.17, 15) is 13.2 Å². The molecule has 0 saturated carbocycles. The van der Waals surface area contributed by atoms with Crippen molar-refractivity contribution in [1.82, 2.24) is 5.32 Å². The van der Waals surface area contributed by atoms with Crippen molar-refractivity contribution in [1.29, 1.82) is 0 Å². The van der Waals surface area contributed by atoms with Crippen LogP contribution in [0.1, 0.15) is 36.2 Å². The molecule has 0 radical (unpaired) electrons. The van der Waals surface area contributed by atoms with Gasteiger partial charge < -0.3 is 5.32 Å². The second-order valence-electron chi connectivity index (χ2n) is 6.66. The molecule has 0 unspecified atom stereocenters. The third-order valence-electron chi connectivity index (χ3n) is 4.36. The third kappa shape index (κ3) is 3.79. The molecule has 2 aromatic rings. The van der Waals surface area contributed by atoms with Crippen molar-refractivity contribution in [3.8, 4) is 0 Å². The van der Waals surface area contributed by atoms with Gasteiger partial charge in [-0.2, -0.15) is 0 Å². The number of anilines is 1. The largest absolute Gasteiger partial charge is 0.350 e. The summed E-state index contributed by atoms with van der Waals surface area (Å²) in [6.07, 6.45) is 1.24. The summed E-state index contributed by atoms with van der Waals surface area (Å²) in [6.45, 7) is 4.07. The maximum absolute atomic E-state index is 13.3. The molecular weight excluding hydrogens is 407 g/mol. The smallest absolute Gasteiger partial charge is 0.265 e. The molecule has 0 saturated heterocycles. The monoisotopic (exact) mass is 426 g/mol. The van der Waals surface area contributed by atoms with Crippen LogP contribution in [-0.2, 0) is 16.4 Å². The van der Waals surface area contributed by atoms with Crippen LogP contribution < -0.4 is 9.62 Å². The van der Waals surface area contributed by atoms with E-state index < -0.39 is 10.0 Å². The molecule has 1 aliphatic heterocycles. The van der Waals surface area contributed by atoms with Crippen molar-refractivity contribution in [3.05, 3.63) is 57.6 Å². The minimum atomic E-state index is -3.91. The van der Waals surface area contributed by atoms with Crippen LogP contribution in [0.25, 0.3) is 0 Å². The van der Waals surface area contributed by atoms with E-state index in [-0.39, 0.29) is 26.9 Å². The quantitative estimate of drug-likeness (QED) is 0.793. The summed E-state index contributed by atoms with van der Waals surface area (Å²) >= 11 is 12.2. The lowest BCUT2D eigenvalue weighted by atomic mass is 9.97. The van der Waals surface area contributed by atoms with Crippen LogP contribution in [0.4, 0.5) is 5.69 Å². The van der Waals surface area contributed by atoms with Crippen molar-refractivity contribution in [2.24, 2.45) is 0 Å². The van der Waals surface area contributed by atoms with E-state index in [1.54, 1.807) is 30.3 Å².